The maximum absolute atomic E-state index is 13.0. The van der Waals surface area contributed by atoms with Crippen molar-refractivity contribution in [3.05, 3.63) is 132 Å². The Labute approximate surface area is 344 Å². The van der Waals surface area contributed by atoms with Gasteiger partial charge in [0.25, 0.3) is 0 Å². The molecule has 5 rings (SSSR count). The fraction of sp³-hybridized carbons (Fsp3) is 0.227. The van der Waals surface area contributed by atoms with Crippen LogP contribution >= 0.6 is 0 Å². The van der Waals surface area contributed by atoms with Crippen LogP contribution in [0.2, 0.25) is 0 Å². The van der Waals surface area contributed by atoms with Gasteiger partial charge in [0.2, 0.25) is 0 Å². The summed E-state index contributed by atoms with van der Waals surface area (Å²) in [4.78, 5) is 71.9. The summed E-state index contributed by atoms with van der Waals surface area (Å²) in [5.74, 6) is -1.55. The average Bonchev–Trinajstić information content (AvgIpc) is 3.52. The minimum atomic E-state index is -0.964. The zero-order valence-corrected chi connectivity index (χ0v) is 32.4. The number of benzene rings is 4. The lowest BCUT2D eigenvalue weighted by Crippen LogP contribution is -2.16. The molecule has 0 saturated carbocycles. The molecule has 0 bridgehead atoms. The highest BCUT2D eigenvalue weighted by Gasteiger charge is 2.27. The van der Waals surface area contributed by atoms with Crippen LogP contribution in [0.15, 0.2) is 110 Å². The van der Waals surface area contributed by atoms with Crippen LogP contribution in [0.4, 0.5) is 9.59 Å². The third kappa shape index (κ3) is 12.9. The standard InChI is InChI=1S/C44H40O16/c1-4-39(45)53-22-18-51-20-24-55-43(49)59-31-10-6-29(7-11-31)41(47)57-33-14-16-35-36-17-15-34(27-38(36)28(3)37(35)26-33)58-42(48)30-8-12-32(13-9-30)60-44(50)56-25-21-52-19-23-54-40(46)5-2/h4-17,26-28H,1-2,18-25H2,3H3. The molecule has 0 saturated heterocycles. The van der Waals surface area contributed by atoms with Crippen LogP contribution in [0.25, 0.3) is 11.1 Å². The van der Waals surface area contributed by atoms with Gasteiger partial charge in [-0.25, -0.2) is 28.8 Å². The average molecular weight is 825 g/mol. The van der Waals surface area contributed by atoms with Gasteiger partial charge in [0.1, 0.15) is 49.4 Å². The maximum atomic E-state index is 13.0. The van der Waals surface area contributed by atoms with Gasteiger partial charge in [-0.3, -0.25) is 0 Å². The van der Waals surface area contributed by atoms with Crippen molar-refractivity contribution in [3.63, 3.8) is 0 Å². The molecule has 0 aliphatic heterocycles. The molecule has 4 aromatic carbocycles. The third-order valence-electron chi connectivity index (χ3n) is 8.45. The molecule has 0 spiro atoms. The summed E-state index contributed by atoms with van der Waals surface area (Å²) in [6.45, 7) is 8.83. The Kier molecular flexibility index (Phi) is 16.1. The Hall–Kier alpha value is -7.30. The fourth-order valence-electron chi connectivity index (χ4n) is 5.58. The van der Waals surface area contributed by atoms with Crippen LogP contribution in [-0.4, -0.2) is 89.0 Å². The topological polar surface area (TPSA) is 195 Å². The van der Waals surface area contributed by atoms with Crippen LogP contribution in [0.1, 0.15) is 44.7 Å². The van der Waals surface area contributed by atoms with Crippen molar-refractivity contribution < 1.29 is 76.1 Å². The lowest BCUT2D eigenvalue weighted by Gasteiger charge is -2.11. The van der Waals surface area contributed by atoms with E-state index in [-0.39, 0.29) is 81.4 Å². The minimum absolute atomic E-state index is 0.0368. The van der Waals surface area contributed by atoms with Gasteiger partial charge in [-0.15, -0.1) is 0 Å². The Morgan fingerprint density at radius 2 is 0.817 bits per heavy atom. The number of rotatable bonds is 20. The van der Waals surface area contributed by atoms with Crippen molar-refractivity contribution in [2.45, 2.75) is 12.8 Å². The lowest BCUT2D eigenvalue weighted by molar-refractivity contribution is -0.140. The molecule has 4 aromatic rings. The summed E-state index contributed by atoms with van der Waals surface area (Å²) >= 11 is 0. The lowest BCUT2D eigenvalue weighted by atomic mass is 9.99. The molecule has 0 atom stereocenters. The molecule has 0 unspecified atom stereocenters. The second kappa shape index (κ2) is 22.0. The summed E-state index contributed by atoms with van der Waals surface area (Å²) < 4.78 is 51.4. The van der Waals surface area contributed by atoms with Gasteiger partial charge in [0.15, 0.2) is 0 Å². The van der Waals surface area contributed by atoms with E-state index in [1.54, 1.807) is 24.3 Å². The Morgan fingerprint density at radius 1 is 0.467 bits per heavy atom. The number of hydrogen-bond donors (Lipinski definition) is 0. The van der Waals surface area contributed by atoms with Crippen LogP contribution in [0.5, 0.6) is 23.0 Å². The summed E-state index contributed by atoms with van der Waals surface area (Å²) in [7, 11) is 0. The van der Waals surface area contributed by atoms with Crippen molar-refractivity contribution in [2.24, 2.45) is 0 Å². The quantitative estimate of drug-likeness (QED) is 0.0226. The number of fused-ring (bicyclic) bond motifs is 3. The highest BCUT2D eigenvalue weighted by molar-refractivity contribution is 5.92. The monoisotopic (exact) mass is 824 g/mol. The van der Waals surface area contributed by atoms with E-state index in [0.29, 0.717) is 11.5 Å². The van der Waals surface area contributed by atoms with E-state index < -0.39 is 36.2 Å². The van der Waals surface area contributed by atoms with Crippen LogP contribution in [-0.2, 0) is 38.0 Å². The zero-order chi connectivity index (χ0) is 42.9. The van der Waals surface area contributed by atoms with Gasteiger partial charge in [-0.1, -0.05) is 32.2 Å². The smallest absolute Gasteiger partial charge is 0.460 e. The van der Waals surface area contributed by atoms with E-state index in [1.165, 1.54) is 48.5 Å². The molecule has 1 aliphatic rings. The zero-order valence-electron chi connectivity index (χ0n) is 32.4. The second-order valence-electron chi connectivity index (χ2n) is 12.4. The first-order valence-electron chi connectivity index (χ1n) is 18.4. The van der Waals surface area contributed by atoms with Crippen LogP contribution < -0.4 is 18.9 Å². The first kappa shape index (κ1) is 43.8. The molecule has 0 amide bonds. The number of ether oxygens (including phenoxy) is 10. The first-order chi connectivity index (χ1) is 29.0. The molecule has 16 heteroatoms. The molecule has 0 N–H and O–H groups in total. The molecular weight excluding hydrogens is 784 g/mol. The van der Waals surface area contributed by atoms with Crippen molar-refractivity contribution in [3.8, 4) is 34.1 Å². The number of carbonyl (C=O) groups excluding carboxylic acids is 6. The third-order valence-corrected chi connectivity index (χ3v) is 8.45. The first-order valence-corrected chi connectivity index (χ1v) is 18.4. The van der Waals surface area contributed by atoms with Gasteiger partial charge >= 0.3 is 36.2 Å². The Bertz CT molecular complexity index is 2040. The van der Waals surface area contributed by atoms with Crippen LogP contribution in [0, 0.1) is 0 Å². The van der Waals surface area contributed by atoms with Crippen molar-refractivity contribution in [2.75, 3.05) is 52.9 Å². The fourth-order valence-corrected chi connectivity index (χ4v) is 5.58. The molecule has 0 radical (unpaired) electrons. The summed E-state index contributed by atoms with van der Waals surface area (Å²) in [6, 6.07) is 22.2. The van der Waals surface area contributed by atoms with Gasteiger partial charge in [-0.2, -0.15) is 0 Å². The summed E-state index contributed by atoms with van der Waals surface area (Å²) in [5.41, 5.74) is 4.14. The number of carbonyl (C=O) groups is 6. The number of hydrogen-bond acceptors (Lipinski definition) is 16. The van der Waals surface area contributed by atoms with E-state index in [0.717, 1.165) is 34.4 Å². The molecule has 60 heavy (non-hydrogen) atoms. The molecule has 312 valence electrons. The van der Waals surface area contributed by atoms with Gasteiger partial charge in [0, 0.05) is 18.1 Å². The maximum Gasteiger partial charge on any atom is 0.513 e. The van der Waals surface area contributed by atoms with E-state index in [4.69, 9.17) is 47.4 Å². The molecule has 0 heterocycles. The predicted octanol–water partition coefficient (Wildman–Crippen LogP) is 6.78. The van der Waals surface area contributed by atoms with Gasteiger partial charge < -0.3 is 47.4 Å². The van der Waals surface area contributed by atoms with Crippen molar-refractivity contribution in [1.29, 1.82) is 0 Å². The number of esters is 4. The molecule has 0 aromatic heterocycles. The van der Waals surface area contributed by atoms with E-state index in [9.17, 15) is 28.8 Å². The van der Waals surface area contributed by atoms with E-state index in [2.05, 4.69) is 13.2 Å². The molecule has 16 nitrogen and oxygen atoms in total. The highest BCUT2D eigenvalue weighted by Crippen LogP contribution is 2.47. The normalized spacial score (nSPS) is 11.2. The van der Waals surface area contributed by atoms with Gasteiger partial charge in [-0.05, 0) is 95.1 Å². The highest BCUT2D eigenvalue weighted by atomic mass is 16.7. The summed E-state index contributed by atoms with van der Waals surface area (Å²) in [5, 5.41) is 0. The Balaban J connectivity index is 1.05. The van der Waals surface area contributed by atoms with Crippen molar-refractivity contribution >= 4 is 36.2 Å². The largest absolute Gasteiger partial charge is 0.513 e. The summed E-state index contributed by atoms with van der Waals surface area (Å²) in [6.07, 6.45) is 0.151. The predicted molar refractivity (Wildman–Crippen MR) is 210 cm³/mol. The van der Waals surface area contributed by atoms with Crippen molar-refractivity contribution in [1.82, 2.24) is 0 Å². The van der Waals surface area contributed by atoms with Gasteiger partial charge in [0.05, 0.1) is 37.6 Å². The molecule has 1 aliphatic carbocycles. The second-order valence-corrected chi connectivity index (χ2v) is 12.4. The van der Waals surface area contributed by atoms with Crippen LogP contribution in [0.3, 0.4) is 0 Å². The molecular formula is C44H40O16. The SMILES string of the molecule is C=CC(=O)OCCOCCOC(=O)Oc1ccc(C(=O)Oc2ccc3c(c2)C(C)c2cc(OC(=O)c4ccc(OC(=O)OCCOCCOC(=O)C=C)cc4)ccc2-3)cc1. The van der Waals surface area contributed by atoms with E-state index >= 15 is 0 Å². The molecule has 0 fully saturated rings. The minimum Gasteiger partial charge on any atom is -0.460 e. The van der Waals surface area contributed by atoms with E-state index in [1.807, 2.05) is 19.1 Å². The Morgan fingerprint density at radius 3 is 1.18 bits per heavy atom.